The summed E-state index contributed by atoms with van der Waals surface area (Å²) in [4.78, 5) is 28.3. The number of carbonyl (C=O) groups is 1. The first-order valence-corrected chi connectivity index (χ1v) is 10.3. The van der Waals surface area contributed by atoms with Gasteiger partial charge in [-0.3, -0.25) is 14.9 Å². The zero-order valence-electron chi connectivity index (χ0n) is 17.2. The molecule has 1 aliphatic heterocycles. The predicted octanol–water partition coefficient (Wildman–Crippen LogP) is 4.64. The molecule has 1 amide bonds. The number of nitro benzene ring substituents is 1. The minimum Gasteiger partial charge on any atom is -0.366 e. The van der Waals surface area contributed by atoms with Crippen LogP contribution < -0.4 is 4.90 Å². The second kappa shape index (κ2) is 9.54. The topological polar surface area (TPSA) is 66.7 Å². The van der Waals surface area contributed by atoms with Crippen LogP contribution in [0.5, 0.6) is 0 Å². The first-order chi connectivity index (χ1) is 14.0. The van der Waals surface area contributed by atoms with Crippen molar-refractivity contribution in [3.05, 3.63) is 70.3 Å². The number of hydrogen-bond acceptors (Lipinski definition) is 4. The minimum absolute atomic E-state index is 0.0354. The second-order valence-corrected chi connectivity index (χ2v) is 7.72. The molecular formula is C23H29N3O3. The van der Waals surface area contributed by atoms with Crippen LogP contribution in [0.3, 0.4) is 0 Å². The Morgan fingerprint density at radius 1 is 1.14 bits per heavy atom. The molecule has 3 rings (SSSR count). The lowest BCUT2D eigenvalue weighted by molar-refractivity contribution is -0.384. The molecule has 1 fully saturated rings. The first kappa shape index (κ1) is 20.8. The average Bonchev–Trinajstić information content (AvgIpc) is 2.77. The summed E-state index contributed by atoms with van der Waals surface area (Å²) in [6.45, 7) is 6.14. The Bertz CT molecular complexity index is 832. The molecule has 0 radical (unpaired) electrons. The Morgan fingerprint density at radius 3 is 2.38 bits per heavy atom. The van der Waals surface area contributed by atoms with Gasteiger partial charge in [0.25, 0.3) is 5.69 Å². The summed E-state index contributed by atoms with van der Waals surface area (Å²) in [5.41, 5.74) is 1.91. The fraction of sp³-hybridized carbons (Fsp3) is 0.435. The van der Waals surface area contributed by atoms with E-state index in [0.29, 0.717) is 38.2 Å². The molecule has 1 heterocycles. The summed E-state index contributed by atoms with van der Waals surface area (Å²) < 4.78 is 0. The van der Waals surface area contributed by atoms with Crippen LogP contribution in [0.2, 0.25) is 0 Å². The Hall–Kier alpha value is -2.89. The largest absolute Gasteiger partial charge is 0.366 e. The van der Waals surface area contributed by atoms with E-state index in [2.05, 4.69) is 26.0 Å². The molecule has 154 valence electrons. The number of nitrogens with zero attached hydrogens (tertiary/aromatic N) is 3. The highest BCUT2D eigenvalue weighted by Crippen LogP contribution is 2.32. The molecule has 1 aliphatic rings. The maximum absolute atomic E-state index is 13.3. The lowest BCUT2D eigenvalue weighted by atomic mass is 9.93. The van der Waals surface area contributed by atoms with Gasteiger partial charge in [0, 0.05) is 37.7 Å². The number of anilines is 1. The average molecular weight is 396 g/mol. The zero-order valence-corrected chi connectivity index (χ0v) is 17.2. The van der Waals surface area contributed by atoms with Crippen molar-refractivity contribution in [2.75, 3.05) is 18.0 Å². The molecule has 0 aliphatic carbocycles. The number of benzene rings is 2. The van der Waals surface area contributed by atoms with Crippen molar-refractivity contribution in [1.29, 1.82) is 0 Å². The number of hydrogen-bond donors (Lipinski definition) is 0. The maximum atomic E-state index is 13.3. The molecule has 2 aromatic rings. The lowest BCUT2D eigenvalue weighted by Crippen LogP contribution is -2.45. The maximum Gasteiger partial charge on any atom is 0.292 e. The highest BCUT2D eigenvalue weighted by atomic mass is 16.6. The van der Waals surface area contributed by atoms with Crippen LogP contribution in [0.4, 0.5) is 11.4 Å². The number of piperidine rings is 1. The number of nitro groups is 1. The summed E-state index contributed by atoms with van der Waals surface area (Å²) in [5, 5.41) is 11.3. The monoisotopic (exact) mass is 395 g/mol. The lowest BCUT2D eigenvalue weighted by Gasteiger charge is -2.37. The number of rotatable bonds is 7. The van der Waals surface area contributed by atoms with Gasteiger partial charge in [-0.05, 0) is 37.8 Å². The SMILES string of the molecule is CCC(C)N(Cc1ccccc1)C(=O)C1CCN(c2ccccc2[N+](=O)[O-])CC1. The summed E-state index contributed by atoms with van der Waals surface area (Å²) in [6.07, 6.45) is 2.34. The van der Waals surface area contributed by atoms with E-state index < -0.39 is 0 Å². The molecular weight excluding hydrogens is 366 g/mol. The van der Waals surface area contributed by atoms with Gasteiger partial charge in [0.1, 0.15) is 5.69 Å². The Morgan fingerprint density at radius 2 is 1.76 bits per heavy atom. The van der Waals surface area contributed by atoms with Crippen LogP contribution in [0, 0.1) is 16.0 Å². The van der Waals surface area contributed by atoms with Gasteiger partial charge in [-0.15, -0.1) is 0 Å². The molecule has 0 saturated carbocycles. The van der Waals surface area contributed by atoms with Gasteiger partial charge >= 0.3 is 0 Å². The third-order valence-corrected chi connectivity index (χ3v) is 5.87. The van der Waals surface area contributed by atoms with Gasteiger partial charge in [-0.2, -0.15) is 0 Å². The summed E-state index contributed by atoms with van der Waals surface area (Å²) in [6, 6.07) is 17.1. The molecule has 0 bridgehead atoms. The number of para-hydroxylation sites is 2. The van der Waals surface area contributed by atoms with Crippen molar-refractivity contribution >= 4 is 17.3 Å². The van der Waals surface area contributed by atoms with Crippen LogP contribution in [0.1, 0.15) is 38.7 Å². The Kier molecular flexibility index (Phi) is 6.86. The van der Waals surface area contributed by atoms with Crippen molar-refractivity contribution in [3.63, 3.8) is 0 Å². The number of carbonyl (C=O) groups excluding carboxylic acids is 1. The molecule has 0 N–H and O–H groups in total. The van der Waals surface area contributed by atoms with E-state index in [1.807, 2.05) is 34.1 Å². The van der Waals surface area contributed by atoms with Gasteiger partial charge < -0.3 is 9.80 Å². The predicted molar refractivity (Wildman–Crippen MR) is 115 cm³/mol. The van der Waals surface area contributed by atoms with Crippen LogP contribution in [0.25, 0.3) is 0 Å². The van der Waals surface area contributed by atoms with Gasteiger partial charge in [0.05, 0.1) is 4.92 Å². The van der Waals surface area contributed by atoms with Gasteiger partial charge in [-0.25, -0.2) is 0 Å². The quantitative estimate of drug-likeness (QED) is 0.506. The van der Waals surface area contributed by atoms with Crippen molar-refractivity contribution in [2.24, 2.45) is 5.92 Å². The summed E-state index contributed by atoms with van der Waals surface area (Å²) >= 11 is 0. The van der Waals surface area contributed by atoms with Crippen LogP contribution in [-0.2, 0) is 11.3 Å². The minimum atomic E-state index is -0.336. The fourth-order valence-electron chi connectivity index (χ4n) is 3.94. The van der Waals surface area contributed by atoms with Gasteiger partial charge in [0.15, 0.2) is 0 Å². The van der Waals surface area contributed by atoms with Crippen LogP contribution in [-0.4, -0.2) is 34.9 Å². The Labute approximate surface area is 172 Å². The van der Waals surface area contributed by atoms with E-state index in [1.54, 1.807) is 12.1 Å². The Balaban J connectivity index is 1.68. The molecule has 0 spiro atoms. The van der Waals surface area contributed by atoms with E-state index in [0.717, 1.165) is 12.0 Å². The molecule has 6 heteroatoms. The van der Waals surface area contributed by atoms with E-state index >= 15 is 0 Å². The normalized spacial score (nSPS) is 15.7. The van der Waals surface area contributed by atoms with E-state index in [1.165, 1.54) is 6.07 Å². The van der Waals surface area contributed by atoms with Crippen LogP contribution in [0.15, 0.2) is 54.6 Å². The number of amides is 1. The van der Waals surface area contributed by atoms with Crippen molar-refractivity contribution in [1.82, 2.24) is 4.90 Å². The standard InChI is InChI=1S/C23H29N3O3/c1-3-18(2)25(17-19-9-5-4-6-10-19)23(27)20-13-15-24(16-14-20)21-11-7-8-12-22(21)26(28)29/h4-12,18,20H,3,13-17H2,1-2H3. The van der Waals surface area contributed by atoms with Crippen molar-refractivity contribution < 1.29 is 9.72 Å². The molecule has 0 aromatic heterocycles. The van der Waals surface area contributed by atoms with Gasteiger partial charge in [-0.1, -0.05) is 49.4 Å². The van der Waals surface area contributed by atoms with E-state index in [9.17, 15) is 14.9 Å². The first-order valence-electron chi connectivity index (χ1n) is 10.3. The van der Waals surface area contributed by atoms with Crippen molar-refractivity contribution in [2.45, 2.75) is 45.7 Å². The third-order valence-electron chi connectivity index (χ3n) is 5.87. The van der Waals surface area contributed by atoms with Crippen LogP contribution >= 0.6 is 0 Å². The highest BCUT2D eigenvalue weighted by molar-refractivity contribution is 5.79. The summed E-state index contributed by atoms with van der Waals surface area (Å²) in [5.74, 6) is 0.164. The van der Waals surface area contributed by atoms with Gasteiger partial charge in [0.2, 0.25) is 5.91 Å². The van der Waals surface area contributed by atoms with Crippen molar-refractivity contribution in [3.8, 4) is 0 Å². The smallest absolute Gasteiger partial charge is 0.292 e. The molecule has 6 nitrogen and oxygen atoms in total. The molecule has 29 heavy (non-hydrogen) atoms. The van der Waals surface area contributed by atoms with E-state index in [-0.39, 0.29) is 28.5 Å². The second-order valence-electron chi connectivity index (χ2n) is 7.72. The molecule has 1 unspecified atom stereocenters. The fourth-order valence-corrected chi connectivity index (χ4v) is 3.94. The zero-order chi connectivity index (χ0) is 20.8. The third kappa shape index (κ3) is 4.94. The van der Waals surface area contributed by atoms with E-state index in [4.69, 9.17) is 0 Å². The molecule has 1 saturated heterocycles. The highest BCUT2D eigenvalue weighted by Gasteiger charge is 2.32. The molecule has 2 aromatic carbocycles. The summed E-state index contributed by atoms with van der Waals surface area (Å²) in [7, 11) is 0. The molecule has 1 atom stereocenters.